The van der Waals surface area contributed by atoms with Crippen molar-refractivity contribution in [2.75, 3.05) is 0 Å². The molecule has 1 aromatic heterocycles. The van der Waals surface area contributed by atoms with Gasteiger partial charge in [0.1, 0.15) is 5.56 Å². The van der Waals surface area contributed by atoms with Gasteiger partial charge >= 0.3 is 5.97 Å². The molecule has 5 heteroatoms. The van der Waals surface area contributed by atoms with Crippen molar-refractivity contribution in [1.82, 2.24) is 4.98 Å². The Balaban J connectivity index is 3.15. The highest BCUT2D eigenvalue weighted by atomic mass is 79.9. The van der Waals surface area contributed by atoms with Crippen LogP contribution >= 0.6 is 15.9 Å². The second-order valence-corrected chi connectivity index (χ2v) is 3.82. The largest absolute Gasteiger partial charge is 0.489 e. The number of carboxylic acids is 1. The Morgan fingerprint density at radius 1 is 1.57 bits per heavy atom. The van der Waals surface area contributed by atoms with Crippen LogP contribution < -0.4 is 4.74 Å². The number of hydrogen-bond acceptors (Lipinski definition) is 3. The molecular formula is C9H10BrNO3. The zero-order valence-electron chi connectivity index (χ0n) is 7.82. The summed E-state index contributed by atoms with van der Waals surface area (Å²) in [6.07, 6.45) is 2.70. The fraction of sp³-hybridized carbons (Fsp3) is 0.333. The Hall–Kier alpha value is -1.10. The first kappa shape index (κ1) is 11.0. The van der Waals surface area contributed by atoms with E-state index in [0.717, 1.165) is 0 Å². The van der Waals surface area contributed by atoms with Crippen LogP contribution in [0.25, 0.3) is 0 Å². The van der Waals surface area contributed by atoms with Crippen molar-refractivity contribution in [3.05, 3.63) is 22.4 Å². The lowest BCUT2D eigenvalue weighted by atomic mass is 10.2. The lowest BCUT2D eigenvalue weighted by Gasteiger charge is -2.13. The Morgan fingerprint density at radius 3 is 2.71 bits per heavy atom. The summed E-state index contributed by atoms with van der Waals surface area (Å²) in [7, 11) is 0. The molecule has 14 heavy (non-hydrogen) atoms. The second kappa shape index (κ2) is 4.41. The molecule has 1 heterocycles. The summed E-state index contributed by atoms with van der Waals surface area (Å²) in [5, 5.41) is 8.86. The first-order chi connectivity index (χ1) is 6.52. The van der Waals surface area contributed by atoms with Crippen LogP contribution in [0.5, 0.6) is 5.75 Å². The summed E-state index contributed by atoms with van der Waals surface area (Å²) in [6, 6.07) is 0. The molecular weight excluding hydrogens is 250 g/mol. The Labute approximate surface area is 90.0 Å². The Bertz CT molecular complexity index is 352. The van der Waals surface area contributed by atoms with E-state index < -0.39 is 5.97 Å². The van der Waals surface area contributed by atoms with Gasteiger partial charge in [-0.15, -0.1) is 0 Å². The van der Waals surface area contributed by atoms with E-state index in [0.29, 0.717) is 10.2 Å². The molecule has 0 spiro atoms. The summed E-state index contributed by atoms with van der Waals surface area (Å²) in [5.41, 5.74) is 0.0630. The summed E-state index contributed by atoms with van der Waals surface area (Å²) in [4.78, 5) is 14.6. The lowest BCUT2D eigenvalue weighted by molar-refractivity contribution is 0.0690. The third kappa shape index (κ3) is 2.45. The maximum absolute atomic E-state index is 10.8. The number of carboxylic acid groups (broad SMARTS) is 1. The number of hydrogen-bond donors (Lipinski definition) is 1. The minimum Gasteiger partial charge on any atom is -0.489 e. The minimum absolute atomic E-state index is 0.0630. The normalized spacial score (nSPS) is 10.3. The highest BCUT2D eigenvalue weighted by molar-refractivity contribution is 9.10. The van der Waals surface area contributed by atoms with E-state index >= 15 is 0 Å². The van der Waals surface area contributed by atoms with Crippen molar-refractivity contribution in [3.8, 4) is 5.75 Å². The Morgan fingerprint density at radius 2 is 2.21 bits per heavy atom. The van der Waals surface area contributed by atoms with E-state index in [1.807, 2.05) is 13.8 Å². The van der Waals surface area contributed by atoms with Crippen molar-refractivity contribution >= 4 is 21.9 Å². The molecule has 0 unspecified atom stereocenters. The molecule has 1 N–H and O–H groups in total. The first-order valence-electron chi connectivity index (χ1n) is 4.05. The van der Waals surface area contributed by atoms with Gasteiger partial charge in [0.15, 0.2) is 5.75 Å². The van der Waals surface area contributed by atoms with Crippen molar-refractivity contribution in [2.45, 2.75) is 20.0 Å². The van der Waals surface area contributed by atoms with Gasteiger partial charge < -0.3 is 9.84 Å². The molecule has 76 valence electrons. The fourth-order valence-corrected chi connectivity index (χ4v) is 1.36. The van der Waals surface area contributed by atoms with Crippen molar-refractivity contribution in [3.63, 3.8) is 0 Å². The van der Waals surface area contributed by atoms with Gasteiger partial charge in [-0.2, -0.15) is 0 Å². The van der Waals surface area contributed by atoms with Gasteiger partial charge in [0, 0.05) is 12.4 Å². The summed E-state index contributed by atoms with van der Waals surface area (Å²) >= 11 is 3.19. The quantitative estimate of drug-likeness (QED) is 0.906. The molecule has 0 aliphatic carbocycles. The third-order valence-corrected chi connectivity index (χ3v) is 2.00. The molecule has 0 atom stereocenters. The molecule has 4 nitrogen and oxygen atoms in total. The molecule has 0 aliphatic heterocycles. The van der Waals surface area contributed by atoms with Gasteiger partial charge in [-0.25, -0.2) is 4.79 Å². The van der Waals surface area contributed by atoms with Crippen LogP contribution in [0.4, 0.5) is 0 Å². The molecule has 1 rings (SSSR count). The van der Waals surface area contributed by atoms with Gasteiger partial charge in [0.25, 0.3) is 0 Å². The fourth-order valence-electron chi connectivity index (χ4n) is 0.931. The maximum atomic E-state index is 10.8. The number of aromatic nitrogens is 1. The number of rotatable bonds is 3. The van der Waals surface area contributed by atoms with Crippen LogP contribution in [0.3, 0.4) is 0 Å². The molecule has 0 fully saturated rings. The smallest absolute Gasteiger partial charge is 0.341 e. The van der Waals surface area contributed by atoms with Gasteiger partial charge in [0.2, 0.25) is 0 Å². The standard InChI is InChI=1S/C9H10BrNO3/c1-5(2)14-8-6(9(12)13)3-11-4-7(8)10/h3-5H,1-2H3,(H,12,13). The van der Waals surface area contributed by atoms with Crippen LogP contribution in [0.2, 0.25) is 0 Å². The van der Waals surface area contributed by atoms with E-state index in [4.69, 9.17) is 9.84 Å². The predicted octanol–water partition coefficient (Wildman–Crippen LogP) is 2.33. The van der Waals surface area contributed by atoms with Crippen LogP contribution in [-0.4, -0.2) is 22.2 Å². The highest BCUT2D eigenvalue weighted by Gasteiger charge is 2.15. The molecule has 0 aliphatic rings. The number of aromatic carboxylic acids is 1. The van der Waals surface area contributed by atoms with E-state index in [9.17, 15) is 4.79 Å². The number of nitrogens with zero attached hydrogens (tertiary/aromatic N) is 1. The van der Waals surface area contributed by atoms with Crippen LogP contribution in [0.1, 0.15) is 24.2 Å². The molecule has 0 saturated heterocycles. The maximum Gasteiger partial charge on any atom is 0.341 e. The third-order valence-electron chi connectivity index (χ3n) is 1.44. The second-order valence-electron chi connectivity index (χ2n) is 2.97. The average molecular weight is 260 g/mol. The number of halogens is 1. The molecule has 1 aromatic rings. The van der Waals surface area contributed by atoms with E-state index in [2.05, 4.69) is 20.9 Å². The SMILES string of the molecule is CC(C)Oc1c(Br)cncc1C(=O)O. The Kier molecular flexibility index (Phi) is 3.46. The van der Waals surface area contributed by atoms with Crippen LogP contribution in [-0.2, 0) is 0 Å². The predicted molar refractivity (Wildman–Crippen MR) is 54.7 cm³/mol. The van der Waals surface area contributed by atoms with E-state index in [1.165, 1.54) is 12.4 Å². The van der Waals surface area contributed by atoms with Crippen molar-refractivity contribution < 1.29 is 14.6 Å². The number of pyridine rings is 1. The summed E-state index contributed by atoms with van der Waals surface area (Å²) in [5.74, 6) is -0.725. The monoisotopic (exact) mass is 259 g/mol. The molecule has 0 radical (unpaired) electrons. The van der Waals surface area contributed by atoms with Gasteiger partial charge in [-0.3, -0.25) is 4.98 Å². The molecule has 0 saturated carbocycles. The van der Waals surface area contributed by atoms with Crippen LogP contribution in [0, 0.1) is 0 Å². The topological polar surface area (TPSA) is 59.4 Å². The zero-order valence-corrected chi connectivity index (χ0v) is 9.41. The average Bonchev–Trinajstić information content (AvgIpc) is 2.07. The van der Waals surface area contributed by atoms with Crippen molar-refractivity contribution in [1.29, 1.82) is 0 Å². The van der Waals surface area contributed by atoms with Gasteiger partial charge in [0.05, 0.1) is 10.6 Å². The first-order valence-corrected chi connectivity index (χ1v) is 4.85. The summed E-state index contributed by atoms with van der Waals surface area (Å²) in [6.45, 7) is 3.66. The van der Waals surface area contributed by atoms with Crippen LogP contribution in [0.15, 0.2) is 16.9 Å². The van der Waals surface area contributed by atoms with E-state index in [1.54, 1.807) is 0 Å². The number of carbonyl (C=O) groups is 1. The van der Waals surface area contributed by atoms with Crippen molar-refractivity contribution in [2.24, 2.45) is 0 Å². The lowest BCUT2D eigenvalue weighted by Crippen LogP contribution is -2.10. The zero-order chi connectivity index (χ0) is 10.7. The number of ether oxygens (including phenoxy) is 1. The van der Waals surface area contributed by atoms with Gasteiger partial charge in [-0.05, 0) is 29.8 Å². The highest BCUT2D eigenvalue weighted by Crippen LogP contribution is 2.28. The van der Waals surface area contributed by atoms with E-state index in [-0.39, 0.29) is 11.7 Å². The molecule has 0 amide bonds. The summed E-state index contributed by atoms with van der Waals surface area (Å²) < 4.78 is 5.92. The molecule has 0 aromatic carbocycles. The minimum atomic E-state index is -1.05. The van der Waals surface area contributed by atoms with Gasteiger partial charge in [-0.1, -0.05) is 0 Å². The molecule has 0 bridgehead atoms.